The number of benzene rings is 1. The Kier molecular flexibility index (Phi) is 9.41. The van der Waals surface area contributed by atoms with E-state index in [1.165, 1.54) is 16.8 Å². The fourth-order valence-corrected chi connectivity index (χ4v) is 1.85. The van der Waals surface area contributed by atoms with E-state index < -0.39 is 0 Å². The average Bonchev–Trinajstić information content (AvgIpc) is 2.36. The third kappa shape index (κ3) is 7.55. The van der Waals surface area contributed by atoms with E-state index in [4.69, 9.17) is 5.73 Å². The maximum atomic E-state index is 5.87. The fraction of sp³-hybridized carbons (Fsp3) is 0.562. The molecule has 1 aromatic rings. The van der Waals surface area contributed by atoms with Crippen LogP contribution in [-0.2, 0) is 6.54 Å². The van der Waals surface area contributed by atoms with Crippen molar-refractivity contribution in [3.8, 4) is 0 Å². The Hall–Kier alpha value is -0.980. The summed E-state index contributed by atoms with van der Waals surface area (Å²) in [5, 5.41) is 3.15. The average molecular weight is 404 g/mol. The second-order valence-corrected chi connectivity index (χ2v) is 5.82. The molecule has 0 aromatic heterocycles. The van der Waals surface area contributed by atoms with Crippen molar-refractivity contribution in [2.45, 2.75) is 33.7 Å². The van der Waals surface area contributed by atoms with Crippen LogP contribution in [0.25, 0.3) is 0 Å². The number of rotatable bonds is 6. The molecule has 0 radical (unpaired) electrons. The molecule has 0 spiro atoms. The summed E-state index contributed by atoms with van der Waals surface area (Å²) in [6.07, 6.45) is 1.10. The van der Waals surface area contributed by atoms with Gasteiger partial charge in [0.25, 0.3) is 0 Å². The summed E-state index contributed by atoms with van der Waals surface area (Å²) in [4.78, 5) is 6.50. The Labute approximate surface area is 146 Å². The van der Waals surface area contributed by atoms with E-state index in [1.54, 1.807) is 0 Å². The number of halogens is 1. The van der Waals surface area contributed by atoms with Gasteiger partial charge in [0.1, 0.15) is 0 Å². The highest BCUT2D eigenvalue weighted by Gasteiger charge is 2.01. The quantitative estimate of drug-likeness (QED) is 0.435. The smallest absolute Gasteiger partial charge is 0.188 e. The van der Waals surface area contributed by atoms with Crippen molar-refractivity contribution in [2.24, 2.45) is 16.6 Å². The molecule has 1 aromatic carbocycles. The number of nitrogens with one attached hydrogen (secondary N) is 1. The highest BCUT2D eigenvalue weighted by molar-refractivity contribution is 14.0. The van der Waals surface area contributed by atoms with Crippen LogP contribution in [0.15, 0.2) is 23.2 Å². The molecule has 0 saturated carbocycles. The maximum absolute atomic E-state index is 5.87. The lowest BCUT2D eigenvalue weighted by molar-refractivity contribution is 0.576. The monoisotopic (exact) mass is 404 g/mol. The highest BCUT2D eigenvalue weighted by Crippen LogP contribution is 2.17. The van der Waals surface area contributed by atoms with Gasteiger partial charge in [-0.2, -0.15) is 0 Å². The van der Waals surface area contributed by atoms with Crippen LogP contribution >= 0.6 is 24.0 Å². The van der Waals surface area contributed by atoms with E-state index in [0.717, 1.165) is 13.0 Å². The van der Waals surface area contributed by atoms with Crippen LogP contribution in [0.1, 0.15) is 31.4 Å². The molecular weight excluding hydrogens is 375 g/mol. The predicted octanol–water partition coefficient (Wildman–Crippen LogP) is 3.13. The minimum atomic E-state index is 0. The lowest BCUT2D eigenvalue weighted by atomic mass is 10.1. The maximum Gasteiger partial charge on any atom is 0.188 e. The lowest BCUT2D eigenvalue weighted by Gasteiger charge is -2.14. The van der Waals surface area contributed by atoms with Gasteiger partial charge in [-0.25, -0.2) is 4.99 Å². The first-order valence-electron chi connectivity index (χ1n) is 7.20. The van der Waals surface area contributed by atoms with Crippen LogP contribution in [0, 0.1) is 12.8 Å². The van der Waals surface area contributed by atoms with Crippen molar-refractivity contribution >= 4 is 35.6 Å². The zero-order valence-corrected chi connectivity index (χ0v) is 16.1. The predicted molar refractivity (Wildman–Crippen MR) is 104 cm³/mol. The molecule has 0 saturated heterocycles. The van der Waals surface area contributed by atoms with Gasteiger partial charge >= 0.3 is 0 Å². The van der Waals surface area contributed by atoms with E-state index >= 15 is 0 Å². The van der Waals surface area contributed by atoms with Gasteiger partial charge in [0.05, 0.1) is 6.54 Å². The van der Waals surface area contributed by atoms with Crippen LogP contribution in [-0.4, -0.2) is 26.6 Å². The van der Waals surface area contributed by atoms with E-state index in [0.29, 0.717) is 18.4 Å². The minimum Gasteiger partial charge on any atom is -0.378 e. The highest BCUT2D eigenvalue weighted by atomic mass is 127. The fourth-order valence-electron chi connectivity index (χ4n) is 1.85. The van der Waals surface area contributed by atoms with Gasteiger partial charge in [0.15, 0.2) is 5.96 Å². The van der Waals surface area contributed by atoms with Crippen LogP contribution < -0.4 is 16.0 Å². The topological polar surface area (TPSA) is 53.6 Å². The minimum absolute atomic E-state index is 0. The van der Waals surface area contributed by atoms with Gasteiger partial charge in [-0.15, -0.1) is 24.0 Å². The van der Waals surface area contributed by atoms with E-state index in [-0.39, 0.29) is 24.0 Å². The summed E-state index contributed by atoms with van der Waals surface area (Å²) in [6, 6.07) is 6.41. The number of aliphatic imine (C=N–C) groups is 1. The molecule has 0 atom stereocenters. The van der Waals surface area contributed by atoms with E-state index in [1.807, 2.05) is 14.1 Å². The zero-order chi connectivity index (χ0) is 15.1. The van der Waals surface area contributed by atoms with Crippen molar-refractivity contribution in [3.63, 3.8) is 0 Å². The summed E-state index contributed by atoms with van der Waals surface area (Å²) < 4.78 is 0. The summed E-state index contributed by atoms with van der Waals surface area (Å²) in [7, 11) is 4.09. The molecule has 4 nitrogen and oxygen atoms in total. The van der Waals surface area contributed by atoms with Crippen molar-refractivity contribution < 1.29 is 0 Å². The van der Waals surface area contributed by atoms with Crippen LogP contribution in [0.5, 0.6) is 0 Å². The molecule has 0 bridgehead atoms. The first-order valence-corrected chi connectivity index (χ1v) is 7.20. The van der Waals surface area contributed by atoms with Crippen LogP contribution in [0.3, 0.4) is 0 Å². The Morgan fingerprint density at radius 3 is 2.52 bits per heavy atom. The molecule has 0 aliphatic carbocycles. The summed E-state index contributed by atoms with van der Waals surface area (Å²) in [5.74, 6) is 1.21. The third-order valence-electron chi connectivity index (χ3n) is 3.29. The SMILES string of the molecule is Cc1cc(N(C)C)ccc1CN=C(N)NCCC(C)C.I. The Morgan fingerprint density at radius 2 is 2.00 bits per heavy atom. The Balaban J connectivity index is 0.00000400. The second kappa shape index (κ2) is 9.87. The molecule has 120 valence electrons. The summed E-state index contributed by atoms with van der Waals surface area (Å²) in [5.41, 5.74) is 9.53. The number of nitrogens with zero attached hydrogens (tertiary/aromatic N) is 2. The van der Waals surface area contributed by atoms with Gasteiger partial charge in [-0.1, -0.05) is 19.9 Å². The molecule has 5 heteroatoms. The molecule has 21 heavy (non-hydrogen) atoms. The Bertz CT molecular complexity index is 456. The normalized spacial score (nSPS) is 11.2. The lowest BCUT2D eigenvalue weighted by Crippen LogP contribution is -2.32. The zero-order valence-electron chi connectivity index (χ0n) is 13.8. The summed E-state index contributed by atoms with van der Waals surface area (Å²) >= 11 is 0. The number of hydrogen-bond donors (Lipinski definition) is 2. The van der Waals surface area contributed by atoms with Gasteiger partial charge in [0, 0.05) is 26.3 Å². The Morgan fingerprint density at radius 1 is 1.33 bits per heavy atom. The number of aryl methyl sites for hydroxylation is 1. The molecule has 3 N–H and O–H groups in total. The largest absolute Gasteiger partial charge is 0.378 e. The molecule has 0 heterocycles. The van der Waals surface area contributed by atoms with Crippen molar-refractivity contribution in [1.29, 1.82) is 0 Å². The van der Waals surface area contributed by atoms with Crippen molar-refractivity contribution in [1.82, 2.24) is 5.32 Å². The number of guanidine groups is 1. The summed E-state index contributed by atoms with van der Waals surface area (Å²) in [6.45, 7) is 8.02. The molecule has 0 unspecified atom stereocenters. The van der Waals surface area contributed by atoms with Gasteiger partial charge in [-0.05, 0) is 42.5 Å². The standard InChI is InChI=1S/C16H28N4.HI/c1-12(2)8-9-18-16(17)19-11-14-6-7-15(20(4)5)10-13(14)3;/h6-7,10,12H,8-9,11H2,1-5H3,(H3,17,18,19);1H. The number of anilines is 1. The van der Waals surface area contributed by atoms with Crippen molar-refractivity contribution in [3.05, 3.63) is 29.3 Å². The van der Waals surface area contributed by atoms with Gasteiger partial charge in [-0.3, -0.25) is 0 Å². The first-order chi connectivity index (χ1) is 9.40. The molecule has 0 amide bonds. The van der Waals surface area contributed by atoms with Crippen LogP contribution in [0.4, 0.5) is 5.69 Å². The van der Waals surface area contributed by atoms with E-state index in [9.17, 15) is 0 Å². The number of hydrogen-bond acceptors (Lipinski definition) is 2. The number of nitrogens with two attached hydrogens (primary N) is 1. The van der Waals surface area contributed by atoms with E-state index in [2.05, 4.69) is 54.2 Å². The van der Waals surface area contributed by atoms with Gasteiger partial charge in [0.2, 0.25) is 0 Å². The molecular formula is C16H29IN4. The molecule has 0 aliphatic rings. The first kappa shape index (κ1) is 20.0. The van der Waals surface area contributed by atoms with Gasteiger partial charge < -0.3 is 16.0 Å². The molecule has 0 aliphatic heterocycles. The molecule has 1 rings (SSSR count). The molecule has 0 fully saturated rings. The second-order valence-electron chi connectivity index (χ2n) is 5.82. The van der Waals surface area contributed by atoms with Crippen LogP contribution in [0.2, 0.25) is 0 Å². The third-order valence-corrected chi connectivity index (χ3v) is 3.29. The van der Waals surface area contributed by atoms with Crippen molar-refractivity contribution in [2.75, 3.05) is 25.5 Å².